The lowest BCUT2D eigenvalue weighted by Crippen LogP contribution is -2.54. The number of benzene rings is 1. The molecule has 8 heteroatoms. The Morgan fingerprint density at radius 1 is 1.23 bits per heavy atom. The highest BCUT2D eigenvalue weighted by Crippen LogP contribution is 2.15. The molecular formula is C18H22N4O4. The Bertz CT molecular complexity index is 826. The summed E-state index contributed by atoms with van der Waals surface area (Å²) in [4.78, 5) is 35.4. The third-order valence-corrected chi connectivity index (χ3v) is 3.72. The molecule has 0 radical (unpaired) electrons. The first-order valence-electron chi connectivity index (χ1n) is 8.05. The third-order valence-electron chi connectivity index (χ3n) is 3.72. The van der Waals surface area contributed by atoms with E-state index in [1.807, 2.05) is 0 Å². The van der Waals surface area contributed by atoms with Crippen molar-refractivity contribution in [3.05, 3.63) is 47.3 Å². The molecule has 0 fully saturated rings. The first kappa shape index (κ1) is 19.2. The molecule has 0 saturated carbocycles. The Hall–Kier alpha value is -3.16. The molecule has 1 aromatic heterocycles. The number of hydrogen-bond donors (Lipinski definition) is 3. The average molecular weight is 358 g/mol. The monoisotopic (exact) mass is 358 g/mol. The second-order valence-corrected chi connectivity index (χ2v) is 6.31. The highest BCUT2D eigenvalue weighted by atomic mass is 16.5. The molecule has 0 atom stereocenters. The van der Waals surface area contributed by atoms with Gasteiger partial charge in [0, 0.05) is 12.6 Å². The molecule has 8 nitrogen and oxygen atoms in total. The number of Topliss-reactive ketones (excluding diaryl/α,β-unsaturated/α-hetero) is 1. The molecule has 2 rings (SSSR count). The quantitative estimate of drug-likeness (QED) is 0.648. The van der Waals surface area contributed by atoms with Crippen molar-refractivity contribution < 1.29 is 19.1 Å². The van der Waals surface area contributed by atoms with E-state index in [0.717, 1.165) is 0 Å². The average Bonchev–Trinajstić information content (AvgIpc) is 3.08. The van der Waals surface area contributed by atoms with Crippen molar-refractivity contribution in [3.63, 3.8) is 0 Å². The summed E-state index contributed by atoms with van der Waals surface area (Å²) < 4.78 is 5.61. The van der Waals surface area contributed by atoms with Crippen LogP contribution in [0.25, 0.3) is 0 Å². The van der Waals surface area contributed by atoms with Gasteiger partial charge in [-0.15, -0.1) is 0 Å². The van der Waals surface area contributed by atoms with Crippen molar-refractivity contribution in [2.45, 2.75) is 32.9 Å². The van der Waals surface area contributed by atoms with Crippen LogP contribution in [-0.4, -0.2) is 40.4 Å². The van der Waals surface area contributed by atoms with Crippen LogP contribution in [-0.2, 0) is 11.4 Å². The van der Waals surface area contributed by atoms with Gasteiger partial charge in [0.2, 0.25) is 5.91 Å². The minimum Gasteiger partial charge on any atom is -0.487 e. The van der Waals surface area contributed by atoms with Gasteiger partial charge in [-0.3, -0.25) is 19.5 Å². The van der Waals surface area contributed by atoms with Crippen molar-refractivity contribution in [2.75, 3.05) is 7.05 Å². The summed E-state index contributed by atoms with van der Waals surface area (Å²) in [5, 5.41) is 11.8. The zero-order chi connectivity index (χ0) is 19.3. The topological polar surface area (TPSA) is 113 Å². The molecule has 2 aromatic rings. The number of nitrogens with one attached hydrogen (secondary N) is 3. The molecule has 138 valence electrons. The number of aromatic amines is 1. The summed E-state index contributed by atoms with van der Waals surface area (Å²) in [5.74, 6) is -0.288. The molecule has 0 aliphatic carbocycles. The molecule has 0 bridgehead atoms. The van der Waals surface area contributed by atoms with Crippen LogP contribution in [0.3, 0.4) is 0 Å². The number of carbonyl (C=O) groups excluding carboxylic acids is 3. The first-order chi connectivity index (χ1) is 12.2. The summed E-state index contributed by atoms with van der Waals surface area (Å²) in [6.07, 6.45) is 0. The normalized spacial score (nSPS) is 10.9. The smallest absolute Gasteiger partial charge is 0.272 e. The predicted octanol–water partition coefficient (Wildman–Crippen LogP) is 1.45. The zero-order valence-electron chi connectivity index (χ0n) is 15.2. The zero-order valence-corrected chi connectivity index (χ0v) is 15.2. The Balaban J connectivity index is 1.99. The SMILES string of the molecule is CNC(=O)C(C)(C)NC(=O)c1cc(COc2cccc(C(C)=O)c2)[nH]n1. The van der Waals surface area contributed by atoms with Crippen LogP contribution in [0.2, 0.25) is 0 Å². The van der Waals surface area contributed by atoms with Crippen molar-refractivity contribution in [1.29, 1.82) is 0 Å². The lowest BCUT2D eigenvalue weighted by Gasteiger charge is -2.23. The second-order valence-electron chi connectivity index (χ2n) is 6.31. The number of rotatable bonds is 7. The molecule has 0 aliphatic heterocycles. The Labute approximate surface area is 151 Å². The van der Waals surface area contributed by atoms with Crippen molar-refractivity contribution in [1.82, 2.24) is 20.8 Å². The minimum absolute atomic E-state index is 0.0466. The van der Waals surface area contributed by atoms with Gasteiger partial charge in [-0.1, -0.05) is 12.1 Å². The maximum Gasteiger partial charge on any atom is 0.272 e. The number of ether oxygens (including phenoxy) is 1. The Morgan fingerprint density at radius 3 is 2.62 bits per heavy atom. The molecule has 1 aromatic carbocycles. The molecular weight excluding hydrogens is 336 g/mol. The van der Waals surface area contributed by atoms with E-state index < -0.39 is 11.4 Å². The third kappa shape index (κ3) is 4.69. The second kappa shape index (κ2) is 7.81. The van der Waals surface area contributed by atoms with Crippen LogP contribution < -0.4 is 15.4 Å². The maximum absolute atomic E-state index is 12.2. The van der Waals surface area contributed by atoms with Crippen molar-refractivity contribution in [2.24, 2.45) is 0 Å². The highest BCUT2D eigenvalue weighted by molar-refractivity contribution is 5.97. The lowest BCUT2D eigenvalue weighted by atomic mass is 10.0. The summed E-state index contributed by atoms with van der Waals surface area (Å²) in [6.45, 7) is 4.84. The van der Waals surface area contributed by atoms with Gasteiger partial charge in [-0.2, -0.15) is 5.10 Å². The highest BCUT2D eigenvalue weighted by Gasteiger charge is 2.29. The van der Waals surface area contributed by atoms with E-state index in [-0.39, 0.29) is 24.0 Å². The number of ketones is 1. The van der Waals surface area contributed by atoms with Crippen molar-refractivity contribution in [3.8, 4) is 5.75 Å². The van der Waals surface area contributed by atoms with Gasteiger partial charge in [0.15, 0.2) is 5.78 Å². The van der Waals surface area contributed by atoms with Gasteiger partial charge >= 0.3 is 0 Å². The molecule has 1 heterocycles. The standard InChI is InChI=1S/C18H22N4O4/c1-11(23)12-6-5-7-14(8-12)26-10-13-9-15(22-21-13)16(24)20-18(2,3)17(25)19-4/h5-9H,10H2,1-4H3,(H,19,25)(H,20,24)(H,21,22). The van der Waals surface area contributed by atoms with E-state index >= 15 is 0 Å². The number of carbonyl (C=O) groups is 3. The largest absolute Gasteiger partial charge is 0.487 e. The number of hydrogen-bond acceptors (Lipinski definition) is 5. The van der Waals surface area contributed by atoms with Crippen LogP contribution in [0.15, 0.2) is 30.3 Å². The Morgan fingerprint density at radius 2 is 1.96 bits per heavy atom. The van der Waals surface area contributed by atoms with E-state index in [1.54, 1.807) is 44.2 Å². The fourth-order valence-electron chi connectivity index (χ4n) is 2.23. The summed E-state index contributed by atoms with van der Waals surface area (Å²) in [7, 11) is 1.50. The van der Waals surface area contributed by atoms with Crippen LogP contribution in [0.4, 0.5) is 0 Å². The predicted molar refractivity (Wildman–Crippen MR) is 95.0 cm³/mol. The van der Waals surface area contributed by atoms with Gasteiger partial charge in [-0.25, -0.2) is 0 Å². The van der Waals surface area contributed by atoms with Crippen LogP contribution >= 0.6 is 0 Å². The number of H-pyrrole nitrogens is 1. The molecule has 3 N–H and O–H groups in total. The van der Waals surface area contributed by atoms with E-state index in [1.165, 1.54) is 14.0 Å². The van der Waals surface area contributed by atoms with Crippen molar-refractivity contribution >= 4 is 17.6 Å². The maximum atomic E-state index is 12.2. The van der Waals surface area contributed by atoms with Crippen LogP contribution in [0, 0.1) is 0 Å². The van der Waals surface area contributed by atoms with E-state index in [2.05, 4.69) is 20.8 Å². The minimum atomic E-state index is -1.06. The molecule has 0 saturated heterocycles. The van der Waals surface area contributed by atoms with E-state index in [9.17, 15) is 14.4 Å². The number of likely N-dealkylation sites (N-methyl/N-ethyl adjacent to an activating group) is 1. The molecule has 0 spiro atoms. The summed E-state index contributed by atoms with van der Waals surface area (Å²) >= 11 is 0. The van der Waals surface area contributed by atoms with Gasteiger partial charge in [0.25, 0.3) is 5.91 Å². The molecule has 0 unspecified atom stereocenters. The van der Waals surface area contributed by atoms with Gasteiger partial charge in [0.1, 0.15) is 23.6 Å². The Kier molecular flexibility index (Phi) is 5.76. The molecule has 0 aliphatic rings. The summed E-state index contributed by atoms with van der Waals surface area (Å²) in [5.41, 5.74) is 0.233. The van der Waals surface area contributed by atoms with E-state index in [4.69, 9.17) is 4.74 Å². The van der Waals surface area contributed by atoms with Crippen LogP contribution in [0.5, 0.6) is 5.75 Å². The van der Waals surface area contributed by atoms with Gasteiger partial charge in [0.05, 0.1) is 5.69 Å². The summed E-state index contributed by atoms with van der Waals surface area (Å²) in [6, 6.07) is 8.38. The number of aromatic nitrogens is 2. The molecule has 2 amide bonds. The first-order valence-corrected chi connectivity index (χ1v) is 8.05. The lowest BCUT2D eigenvalue weighted by molar-refractivity contribution is -0.125. The fourth-order valence-corrected chi connectivity index (χ4v) is 2.23. The van der Waals surface area contributed by atoms with Gasteiger partial charge in [-0.05, 0) is 39.0 Å². The molecule has 26 heavy (non-hydrogen) atoms. The van der Waals surface area contributed by atoms with E-state index in [0.29, 0.717) is 17.0 Å². The fraction of sp³-hybridized carbons (Fsp3) is 0.333. The number of amides is 2. The number of nitrogens with zero attached hydrogens (tertiary/aromatic N) is 1. The van der Waals surface area contributed by atoms with Crippen LogP contribution in [0.1, 0.15) is 47.3 Å². The van der Waals surface area contributed by atoms with Gasteiger partial charge < -0.3 is 15.4 Å².